The van der Waals surface area contributed by atoms with E-state index in [9.17, 15) is 9.18 Å². The third kappa shape index (κ3) is 2.98. The number of esters is 1. The number of benzene rings is 1. The standard InChI is InChI=1S/C17H15FN4O3/c1-10-9-24-17(23)13-8-20-22-5-4-15(21-16(13)22)19-7-11-6-12(18)2-3-14(11)25-10/h2-6,8,10H,7,9H2,1H3,(H,19,21)/t10-/m1/s1. The van der Waals surface area contributed by atoms with Gasteiger partial charge in [0.05, 0.1) is 6.20 Å². The van der Waals surface area contributed by atoms with Gasteiger partial charge in [0.15, 0.2) is 5.65 Å². The van der Waals surface area contributed by atoms with E-state index >= 15 is 0 Å². The SMILES string of the molecule is C[C@@H]1COC(=O)c2cnn3ccc(nc23)NCc2cc(F)ccc2O1. The fourth-order valence-electron chi connectivity index (χ4n) is 2.62. The second kappa shape index (κ2) is 6.04. The minimum atomic E-state index is -0.520. The number of rotatable bonds is 0. The van der Waals surface area contributed by atoms with Crippen LogP contribution in [0.15, 0.2) is 36.7 Å². The normalized spacial score (nSPS) is 17.5. The maximum atomic E-state index is 13.6. The molecule has 0 aliphatic carbocycles. The summed E-state index contributed by atoms with van der Waals surface area (Å²) >= 11 is 0. The molecule has 4 rings (SSSR count). The molecule has 1 atom stereocenters. The van der Waals surface area contributed by atoms with Gasteiger partial charge < -0.3 is 14.8 Å². The highest BCUT2D eigenvalue weighted by Gasteiger charge is 2.19. The number of fused-ring (bicyclic) bond motifs is 2. The molecule has 0 saturated heterocycles. The maximum absolute atomic E-state index is 13.6. The molecule has 1 aromatic carbocycles. The average Bonchev–Trinajstić information content (AvgIpc) is 3.02. The first-order valence-corrected chi connectivity index (χ1v) is 7.80. The summed E-state index contributed by atoms with van der Waals surface area (Å²) in [6.07, 6.45) is 2.72. The van der Waals surface area contributed by atoms with E-state index in [1.54, 1.807) is 25.3 Å². The van der Waals surface area contributed by atoms with E-state index in [1.165, 1.54) is 22.8 Å². The van der Waals surface area contributed by atoms with Crippen molar-refractivity contribution in [3.63, 3.8) is 0 Å². The third-order valence-electron chi connectivity index (χ3n) is 3.85. The molecule has 1 N–H and O–H groups in total. The molecule has 3 heterocycles. The van der Waals surface area contributed by atoms with Crippen LogP contribution in [0, 0.1) is 5.82 Å². The molecule has 25 heavy (non-hydrogen) atoms. The molecule has 2 bridgehead atoms. The van der Waals surface area contributed by atoms with E-state index in [0.717, 1.165) is 0 Å². The first-order chi connectivity index (χ1) is 12.1. The van der Waals surface area contributed by atoms with Gasteiger partial charge in [0.1, 0.15) is 35.7 Å². The van der Waals surface area contributed by atoms with Crippen molar-refractivity contribution in [2.75, 3.05) is 11.9 Å². The fraction of sp³-hybridized carbons (Fsp3) is 0.235. The first-order valence-electron chi connectivity index (χ1n) is 7.80. The van der Waals surface area contributed by atoms with Crippen molar-refractivity contribution >= 4 is 17.4 Å². The molecule has 2 aromatic heterocycles. The Morgan fingerprint density at radius 3 is 3.12 bits per heavy atom. The van der Waals surface area contributed by atoms with Crippen LogP contribution in [-0.4, -0.2) is 33.3 Å². The Labute approximate surface area is 142 Å². The molecule has 0 amide bonds. The van der Waals surface area contributed by atoms with Crippen molar-refractivity contribution in [2.24, 2.45) is 0 Å². The van der Waals surface area contributed by atoms with Crippen LogP contribution in [0.25, 0.3) is 5.65 Å². The van der Waals surface area contributed by atoms with Gasteiger partial charge in [-0.1, -0.05) is 0 Å². The number of anilines is 1. The molecule has 7 nitrogen and oxygen atoms in total. The molecule has 0 radical (unpaired) electrons. The van der Waals surface area contributed by atoms with Gasteiger partial charge in [0.25, 0.3) is 0 Å². The van der Waals surface area contributed by atoms with Crippen molar-refractivity contribution < 1.29 is 18.7 Å². The summed E-state index contributed by atoms with van der Waals surface area (Å²) in [5.74, 6) is 0.188. The number of aromatic nitrogens is 3. The largest absolute Gasteiger partial charge is 0.487 e. The highest BCUT2D eigenvalue weighted by Crippen LogP contribution is 2.23. The van der Waals surface area contributed by atoms with E-state index < -0.39 is 12.1 Å². The molecule has 1 aliphatic rings. The third-order valence-corrected chi connectivity index (χ3v) is 3.85. The van der Waals surface area contributed by atoms with Gasteiger partial charge in [-0.25, -0.2) is 18.7 Å². The summed E-state index contributed by atoms with van der Waals surface area (Å²) in [6.45, 7) is 2.15. The zero-order chi connectivity index (χ0) is 17.4. The lowest BCUT2D eigenvalue weighted by Crippen LogP contribution is -2.22. The predicted molar refractivity (Wildman–Crippen MR) is 87.1 cm³/mol. The van der Waals surface area contributed by atoms with Gasteiger partial charge in [-0.15, -0.1) is 0 Å². The number of hydrogen-bond acceptors (Lipinski definition) is 6. The number of cyclic esters (lactones) is 1. The number of halogens is 1. The van der Waals surface area contributed by atoms with Crippen LogP contribution in [0.5, 0.6) is 5.75 Å². The van der Waals surface area contributed by atoms with Crippen LogP contribution in [0.1, 0.15) is 22.8 Å². The monoisotopic (exact) mass is 342 g/mol. The van der Waals surface area contributed by atoms with E-state index in [0.29, 0.717) is 29.3 Å². The van der Waals surface area contributed by atoms with Crippen LogP contribution in [-0.2, 0) is 11.3 Å². The number of nitrogens with zero attached hydrogens (tertiary/aromatic N) is 3. The number of hydrogen-bond donors (Lipinski definition) is 1. The molecule has 3 aromatic rings. The lowest BCUT2D eigenvalue weighted by molar-refractivity contribution is 0.0342. The summed E-state index contributed by atoms with van der Waals surface area (Å²) < 4.78 is 26.2. The maximum Gasteiger partial charge on any atom is 0.343 e. The van der Waals surface area contributed by atoms with Gasteiger partial charge in [0.2, 0.25) is 0 Å². The summed E-state index contributed by atoms with van der Waals surface area (Å²) in [7, 11) is 0. The van der Waals surface area contributed by atoms with Gasteiger partial charge in [0, 0.05) is 18.3 Å². The first kappa shape index (κ1) is 15.4. The molecular formula is C17H15FN4O3. The second-order valence-corrected chi connectivity index (χ2v) is 5.77. The number of nitrogens with one attached hydrogen (secondary N) is 1. The minimum absolute atomic E-state index is 0.0557. The van der Waals surface area contributed by atoms with Crippen LogP contribution in [0.3, 0.4) is 0 Å². The molecular weight excluding hydrogens is 327 g/mol. The summed E-state index contributed by atoms with van der Waals surface area (Å²) in [5.41, 5.74) is 1.31. The predicted octanol–water partition coefficient (Wildman–Crippen LogP) is 2.42. The minimum Gasteiger partial charge on any atom is -0.487 e. The zero-order valence-electron chi connectivity index (χ0n) is 13.4. The quantitative estimate of drug-likeness (QED) is 0.632. The van der Waals surface area contributed by atoms with Crippen molar-refractivity contribution in [1.82, 2.24) is 14.6 Å². The Bertz CT molecular complexity index is 956. The molecule has 8 heteroatoms. The number of ether oxygens (including phenoxy) is 2. The number of carbonyl (C=O) groups excluding carboxylic acids is 1. The zero-order valence-corrected chi connectivity index (χ0v) is 13.4. The second-order valence-electron chi connectivity index (χ2n) is 5.77. The lowest BCUT2D eigenvalue weighted by Gasteiger charge is -2.17. The smallest absolute Gasteiger partial charge is 0.343 e. The van der Waals surface area contributed by atoms with Crippen molar-refractivity contribution in [3.8, 4) is 5.75 Å². The molecule has 0 fully saturated rings. The summed E-state index contributed by atoms with van der Waals surface area (Å²) in [4.78, 5) is 16.7. The molecule has 1 aliphatic heterocycles. The van der Waals surface area contributed by atoms with Gasteiger partial charge >= 0.3 is 5.97 Å². The van der Waals surface area contributed by atoms with Crippen molar-refractivity contribution in [3.05, 3.63) is 53.6 Å². The van der Waals surface area contributed by atoms with Crippen LogP contribution >= 0.6 is 0 Å². The number of carbonyl (C=O) groups is 1. The Balaban J connectivity index is 1.77. The van der Waals surface area contributed by atoms with Gasteiger partial charge in [-0.2, -0.15) is 5.10 Å². The topological polar surface area (TPSA) is 77.8 Å². The summed E-state index contributed by atoms with van der Waals surface area (Å²) in [5, 5.41) is 7.21. The Morgan fingerprint density at radius 1 is 1.36 bits per heavy atom. The van der Waals surface area contributed by atoms with Crippen LogP contribution in [0.4, 0.5) is 10.2 Å². The van der Waals surface area contributed by atoms with Crippen molar-refractivity contribution in [1.29, 1.82) is 0 Å². The molecule has 0 spiro atoms. The van der Waals surface area contributed by atoms with Gasteiger partial charge in [-0.3, -0.25) is 0 Å². The molecule has 0 unspecified atom stereocenters. The van der Waals surface area contributed by atoms with Gasteiger partial charge in [-0.05, 0) is 31.2 Å². The van der Waals surface area contributed by atoms with E-state index in [-0.39, 0.29) is 18.0 Å². The summed E-state index contributed by atoms with van der Waals surface area (Å²) in [6, 6.07) is 6.02. The lowest BCUT2D eigenvalue weighted by atomic mass is 10.2. The highest BCUT2D eigenvalue weighted by atomic mass is 19.1. The van der Waals surface area contributed by atoms with Crippen LogP contribution in [0.2, 0.25) is 0 Å². The molecule has 128 valence electrons. The Morgan fingerprint density at radius 2 is 2.24 bits per heavy atom. The van der Waals surface area contributed by atoms with Crippen molar-refractivity contribution in [2.45, 2.75) is 19.6 Å². The van der Waals surface area contributed by atoms with Crippen LogP contribution < -0.4 is 10.1 Å². The Kier molecular flexibility index (Phi) is 3.72. The highest BCUT2D eigenvalue weighted by molar-refractivity contribution is 5.95. The Hall–Kier alpha value is -3.16. The van der Waals surface area contributed by atoms with E-state index in [2.05, 4.69) is 15.4 Å². The fourth-order valence-corrected chi connectivity index (χ4v) is 2.62. The average molecular weight is 342 g/mol. The molecule has 0 saturated carbocycles. The van der Waals surface area contributed by atoms with E-state index in [4.69, 9.17) is 9.47 Å². The van der Waals surface area contributed by atoms with E-state index in [1.807, 2.05) is 0 Å².